The van der Waals surface area contributed by atoms with Crippen molar-refractivity contribution in [3.05, 3.63) is 64.8 Å². The van der Waals surface area contributed by atoms with Crippen LogP contribution in [0.3, 0.4) is 0 Å². The first-order valence-electron chi connectivity index (χ1n) is 6.45. The number of nitrogens with zero attached hydrogens (tertiary/aromatic N) is 2. The van der Waals surface area contributed by atoms with Crippen molar-refractivity contribution in [3.63, 3.8) is 0 Å². The van der Waals surface area contributed by atoms with Gasteiger partial charge >= 0.3 is 0 Å². The fourth-order valence-corrected chi connectivity index (χ4v) is 3.07. The van der Waals surface area contributed by atoms with Gasteiger partial charge in [0, 0.05) is 28.8 Å². The molecule has 2 heterocycles. The molecule has 0 aliphatic heterocycles. The molecular formula is C16H15N3S. The lowest BCUT2D eigenvalue weighted by Gasteiger charge is -2.05. The monoisotopic (exact) mass is 281 g/mol. The predicted molar refractivity (Wildman–Crippen MR) is 83.7 cm³/mol. The molecule has 0 saturated heterocycles. The van der Waals surface area contributed by atoms with Crippen LogP contribution in [0.4, 0.5) is 5.13 Å². The van der Waals surface area contributed by atoms with E-state index in [2.05, 4.69) is 29.0 Å². The first kappa shape index (κ1) is 12.8. The summed E-state index contributed by atoms with van der Waals surface area (Å²) in [4.78, 5) is 10.0. The summed E-state index contributed by atoms with van der Waals surface area (Å²) in [6.07, 6.45) is 2.58. The van der Waals surface area contributed by atoms with Crippen molar-refractivity contribution in [2.24, 2.45) is 0 Å². The SMILES string of the molecule is Cc1ccccc1-c1nc(N)sc1Cc1ccccn1. The summed E-state index contributed by atoms with van der Waals surface area (Å²) >= 11 is 1.54. The van der Waals surface area contributed by atoms with Crippen molar-refractivity contribution in [1.82, 2.24) is 9.97 Å². The number of hydrogen-bond acceptors (Lipinski definition) is 4. The summed E-state index contributed by atoms with van der Waals surface area (Å²) in [5, 5.41) is 0.606. The molecule has 4 heteroatoms. The second-order valence-corrected chi connectivity index (χ2v) is 5.75. The Morgan fingerprint density at radius 3 is 2.65 bits per heavy atom. The maximum absolute atomic E-state index is 5.91. The van der Waals surface area contributed by atoms with E-state index in [0.29, 0.717) is 5.13 Å². The molecule has 0 radical (unpaired) electrons. The molecule has 20 heavy (non-hydrogen) atoms. The zero-order valence-corrected chi connectivity index (χ0v) is 12.0. The lowest BCUT2D eigenvalue weighted by molar-refractivity contribution is 1.09. The van der Waals surface area contributed by atoms with Crippen molar-refractivity contribution in [1.29, 1.82) is 0 Å². The molecule has 0 saturated carbocycles. The summed E-state index contributed by atoms with van der Waals surface area (Å²) in [7, 11) is 0. The van der Waals surface area contributed by atoms with Crippen LogP contribution in [0.15, 0.2) is 48.7 Å². The van der Waals surface area contributed by atoms with Gasteiger partial charge in [-0.25, -0.2) is 4.98 Å². The lowest BCUT2D eigenvalue weighted by Crippen LogP contribution is -1.92. The molecule has 100 valence electrons. The summed E-state index contributed by atoms with van der Waals surface area (Å²) in [5.41, 5.74) is 10.3. The molecule has 0 atom stereocenters. The van der Waals surface area contributed by atoms with Gasteiger partial charge in [-0.05, 0) is 24.6 Å². The Bertz CT molecular complexity index is 720. The molecular weight excluding hydrogens is 266 g/mol. The van der Waals surface area contributed by atoms with Crippen molar-refractivity contribution < 1.29 is 0 Å². The minimum Gasteiger partial charge on any atom is -0.375 e. The Kier molecular flexibility index (Phi) is 3.48. The summed E-state index contributed by atoms with van der Waals surface area (Å²) in [6.45, 7) is 2.09. The number of nitrogen functional groups attached to an aromatic ring is 1. The van der Waals surface area contributed by atoms with E-state index >= 15 is 0 Å². The van der Waals surface area contributed by atoms with Crippen LogP contribution in [-0.2, 0) is 6.42 Å². The number of anilines is 1. The van der Waals surface area contributed by atoms with E-state index in [4.69, 9.17) is 5.73 Å². The van der Waals surface area contributed by atoms with Gasteiger partial charge in [0.1, 0.15) is 0 Å². The van der Waals surface area contributed by atoms with Gasteiger partial charge in [-0.1, -0.05) is 30.3 Å². The van der Waals surface area contributed by atoms with Crippen LogP contribution in [0.1, 0.15) is 16.1 Å². The third-order valence-electron chi connectivity index (χ3n) is 3.18. The fraction of sp³-hybridized carbons (Fsp3) is 0.125. The highest BCUT2D eigenvalue weighted by molar-refractivity contribution is 7.15. The molecule has 2 N–H and O–H groups in total. The van der Waals surface area contributed by atoms with Gasteiger partial charge in [-0.3, -0.25) is 4.98 Å². The molecule has 3 aromatic rings. The number of aromatic nitrogens is 2. The van der Waals surface area contributed by atoms with E-state index in [9.17, 15) is 0 Å². The van der Waals surface area contributed by atoms with Gasteiger partial charge < -0.3 is 5.73 Å². The molecule has 0 amide bonds. The van der Waals surface area contributed by atoms with Crippen LogP contribution in [0, 0.1) is 6.92 Å². The van der Waals surface area contributed by atoms with Gasteiger partial charge in [-0.2, -0.15) is 0 Å². The first-order chi connectivity index (χ1) is 9.74. The van der Waals surface area contributed by atoms with Crippen molar-refractivity contribution >= 4 is 16.5 Å². The van der Waals surface area contributed by atoms with Crippen LogP contribution in [0.2, 0.25) is 0 Å². The van der Waals surface area contributed by atoms with Gasteiger partial charge in [0.05, 0.1) is 5.69 Å². The zero-order valence-electron chi connectivity index (χ0n) is 11.2. The molecule has 3 rings (SSSR count). The van der Waals surface area contributed by atoms with E-state index in [1.807, 2.05) is 36.5 Å². The number of thiazole rings is 1. The van der Waals surface area contributed by atoms with Gasteiger partial charge in [0.2, 0.25) is 0 Å². The van der Waals surface area contributed by atoms with Crippen molar-refractivity contribution in [2.75, 3.05) is 5.73 Å². The van der Waals surface area contributed by atoms with Crippen molar-refractivity contribution in [3.8, 4) is 11.3 Å². The van der Waals surface area contributed by atoms with E-state index < -0.39 is 0 Å². The average Bonchev–Trinajstić information content (AvgIpc) is 2.81. The Morgan fingerprint density at radius 2 is 1.90 bits per heavy atom. The highest BCUT2D eigenvalue weighted by Crippen LogP contribution is 2.32. The van der Waals surface area contributed by atoms with Crippen molar-refractivity contribution in [2.45, 2.75) is 13.3 Å². The van der Waals surface area contributed by atoms with E-state index in [0.717, 1.165) is 28.2 Å². The Hall–Kier alpha value is -2.20. The molecule has 0 fully saturated rings. The Morgan fingerprint density at radius 1 is 1.10 bits per heavy atom. The normalized spacial score (nSPS) is 10.7. The lowest BCUT2D eigenvalue weighted by atomic mass is 10.0. The largest absolute Gasteiger partial charge is 0.375 e. The number of benzene rings is 1. The third kappa shape index (κ3) is 2.56. The second kappa shape index (κ2) is 5.43. The van der Waals surface area contributed by atoms with Gasteiger partial charge in [-0.15, -0.1) is 11.3 Å². The Labute approximate surface area is 122 Å². The van der Waals surface area contributed by atoms with E-state index in [1.54, 1.807) is 0 Å². The van der Waals surface area contributed by atoms with E-state index in [1.165, 1.54) is 16.9 Å². The Balaban J connectivity index is 2.03. The molecule has 2 aromatic heterocycles. The molecule has 0 aliphatic rings. The quantitative estimate of drug-likeness (QED) is 0.796. The first-order valence-corrected chi connectivity index (χ1v) is 7.27. The van der Waals surface area contributed by atoms with E-state index in [-0.39, 0.29) is 0 Å². The minimum absolute atomic E-state index is 0.606. The maximum atomic E-state index is 5.91. The fourth-order valence-electron chi connectivity index (χ4n) is 2.21. The minimum atomic E-state index is 0.606. The number of nitrogens with two attached hydrogens (primary N) is 1. The average molecular weight is 281 g/mol. The standard InChI is InChI=1S/C16H15N3S/c1-11-6-2-3-8-13(11)15-14(20-16(17)19-15)10-12-7-4-5-9-18-12/h2-9H,10H2,1H3,(H2,17,19). The zero-order chi connectivity index (χ0) is 13.9. The van der Waals surface area contributed by atoms with Crippen LogP contribution < -0.4 is 5.73 Å². The highest BCUT2D eigenvalue weighted by Gasteiger charge is 2.14. The molecule has 0 bridgehead atoms. The smallest absolute Gasteiger partial charge is 0.180 e. The van der Waals surface area contributed by atoms with Gasteiger partial charge in [0.25, 0.3) is 0 Å². The molecule has 0 aliphatic carbocycles. The topological polar surface area (TPSA) is 51.8 Å². The summed E-state index contributed by atoms with van der Waals surface area (Å²) < 4.78 is 0. The van der Waals surface area contributed by atoms with Crippen LogP contribution in [0.5, 0.6) is 0 Å². The highest BCUT2D eigenvalue weighted by atomic mass is 32.1. The number of aryl methyl sites for hydroxylation is 1. The maximum Gasteiger partial charge on any atom is 0.180 e. The van der Waals surface area contributed by atoms with Crippen LogP contribution >= 0.6 is 11.3 Å². The van der Waals surface area contributed by atoms with Gasteiger partial charge in [0.15, 0.2) is 5.13 Å². The summed E-state index contributed by atoms with van der Waals surface area (Å²) in [5.74, 6) is 0. The van der Waals surface area contributed by atoms with Crippen LogP contribution in [0.25, 0.3) is 11.3 Å². The third-order valence-corrected chi connectivity index (χ3v) is 4.07. The number of pyridine rings is 1. The second-order valence-electron chi connectivity index (χ2n) is 4.64. The number of rotatable bonds is 3. The predicted octanol–water partition coefficient (Wildman–Crippen LogP) is 3.69. The number of hydrogen-bond donors (Lipinski definition) is 1. The molecule has 0 spiro atoms. The summed E-state index contributed by atoms with van der Waals surface area (Å²) in [6, 6.07) is 14.2. The molecule has 0 unspecified atom stereocenters. The molecule has 1 aromatic carbocycles. The molecule has 3 nitrogen and oxygen atoms in total. The van der Waals surface area contributed by atoms with Crippen LogP contribution in [-0.4, -0.2) is 9.97 Å².